The van der Waals surface area contributed by atoms with Crippen molar-refractivity contribution in [3.05, 3.63) is 35.6 Å². The second-order valence-electron chi connectivity index (χ2n) is 6.76. The molecule has 0 atom stereocenters. The largest absolute Gasteiger partial charge is 0.455 e. The van der Waals surface area contributed by atoms with Crippen LogP contribution in [0, 0.1) is 11.7 Å². The second kappa shape index (κ2) is 10.0. The Bertz CT molecular complexity index is 650. The van der Waals surface area contributed by atoms with E-state index in [-0.39, 0.29) is 36.2 Å². The van der Waals surface area contributed by atoms with Crippen molar-refractivity contribution in [2.24, 2.45) is 5.92 Å². The molecule has 0 unspecified atom stereocenters. The summed E-state index contributed by atoms with van der Waals surface area (Å²) in [7, 11) is 0. The number of hydrogen-bond acceptors (Lipinski definition) is 4. The summed E-state index contributed by atoms with van der Waals surface area (Å²) in [4.78, 5) is 38.0. The fourth-order valence-electron chi connectivity index (χ4n) is 3.11. The summed E-state index contributed by atoms with van der Waals surface area (Å²) >= 11 is 0. The molecule has 1 aliphatic heterocycles. The average molecular weight is 378 g/mol. The third-order valence-corrected chi connectivity index (χ3v) is 4.90. The van der Waals surface area contributed by atoms with Crippen LogP contribution in [-0.2, 0) is 14.3 Å². The summed E-state index contributed by atoms with van der Waals surface area (Å²) in [5.74, 6) is -1.57. The first kappa shape index (κ1) is 20.9. The molecule has 6 nitrogen and oxygen atoms in total. The maximum absolute atomic E-state index is 13.0. The lowest BCUT2D eigenvalue weighted by molar-refractivity contribution is -0.154. The predicted molar refractivity (Wildman–Crippen MR) is 98.5 cm³/mol. The molecule has 2 rings (SSSR count). The Labute approximate surface area is 159 Å². The van der Waals surface area contributed by atoms with Crippen molar-refractivity contribution >= 4 is 17.8 Å². The smallest absolute Gasteiger partial charge is 0.309 e. The molecule has 7 heteroatoms. The highest BCUT2D eigenvalue weighted by Crippen LogP contribution is 2.20. The fraction of sp³-hybridized carbons (Fsp3) is 0.550. The van der Waals surface area contributed by atoms with Gasteiger partial charge in [0.1, 0.15) is 5.82 Å². The SMILES string of the molecule is CCC(CC)NC(=O)COC(=O)C1CCN(C(=O)c2ccc(F)cc2)CC1. The summed E-state index contributed by atoms with van der Waals surface area (Å²) in [6.45, 7) is 4.55. The van der Waals surface area contributed by atoms with Crippen LogP contribution < -0.4 is 5.32 Å². The van der Waals surface area contributed by atoms with Crippen molar-refractivity contribution in [1.82, 2.24) is 10.2 Å². The number of amides is 2. The number of rotatable bonds is 7. The molecule has 0 aromatic heterocycles. The van der Waals surface area contributed by atoms with Gasteiger partial charge in [-0.2, -0.15) is 0 Å². The summed E-state index contributed by atoms with van der Waals surface area (Å²) in [6.07, 6.45) is 2.63. The first-order valence-electron chi connectivity index (χ1n) is 9.45. The van der Waals surface area contributed by atoms with Gasteiger partial charge in [-0.05, 0) is 49.9 Å². The second-order valence-corrected chi connectivity index (χ2v) is 6.76. The molecule has 0 aliphatic carbocycles. The van der Waals surface area contributed by atoms with E-state index in [4.69, 9.17) is 4.74 Å². The zero-order valence-corrected chi connectivity index (χ0v) is 15.9. The molecule has 27 heavy (non-hydrogen) atoms. The van der Waals surface area contributed by atoms with Crippen LogP contribution in [0.1, 0.15) is 49.9 Å². The Morgan fingerprint density at radius 2 is 1.74 bits per heavy atom. The van der Waals surface area contributed by atoms with Crippen LogP contribution in [0.4, 0.5) is 4.39 Å². The summed E-state index contributed by atoms with van der Waals surface area (Å²) in [5.41, 5.74) is 0.426. The Kier molecular flexibility index (Phi) is 7.76. The first-order valence-corrected chi connectivity index (χ1v) is 9.45. The first-order chi connectivity index (χ1) is 12.9. The molecule has 1 heterocycles. The lowest BCUT2D eigenvalue weighted by Crippen LogP contribution is -2.41. The molecule has 1 fully saturated rings. The Morgan fingerprint density at radius 1 is 1.15 bits per heavy atom. The van der Waals surface area contributed by atoms with Crippen molar-refractivity contribution < 1.29 is 23.5 Å². The molecule has 1 saturated heterocycles. The van der Waals surface area contributed by atoms with E-state index in [9.17, 15) is 18.8 Å². The van der Waals surface area contributed by atoms with E-state index in [2.05, 4.69) is 5.32 Å². The molecular formula is C20H27FN2O4. The normalized spacial score (nSPS) is 14.9. The van der Waals surface area contributed by atoms with Crippen LogP contribution in [0.3, 0.4) is 0 Å². The number of carbonyl (C=O) groups excluding carboxylic acids is 3. The van der Waals surface area contributed by atoms with Gasteiger partial charge >= 0.3 is 5.97 Å². The van der Waals surface area contributed by atoms with Crippen LogP contribution in [0.15, 0.2) is 24.3 Å². The van der Waals surface area contributed by atoms with E-state index in [1.807, 2.05) is 13.8 Å². The van der Waals surface area contributed by atoms with Crippen LogP contribution in [0.2, 0.25) is 0 Å². The maximum atomic E-state index is 13.0. The third kappa shape index (κ3) is 6.05. The van der Waals surface area contributed by atoms with Gasteiger partial charge in [0.15, 0.2) is 6.61 Å². The van der Waals surface area contributed by atoms with E-state index in [0.717, 1.165) is 12.8 Å². The monoisotopic (exact) mass is 378 g/mol. The number of nitrogens with one attached hydrogen (secondary N) is 1. The van der Waals surface area contributed by atoms with Gasteiger partial charge in [0.25, 0.3) is 11.8 Å². The number of esters is 1. The molecule has 2 amide bonds. The minimum atomic E-state index is -0.399. The number of piperidine rings is 1. The van der Waals surface area contributed by atoms with E-state index >= 15 is 0 Å². The average Bonchev–Trinajstić information content (AvgIpc) is 2.70. The molecule has 0 radical (unpaired) electrons. The van der Waals surface area contributed by atoms with Gasteiger partial charge in [-0.1, -0.05) is 13.8 Å². The Balaban J connectivity index is 1.76. The Morgan fingerprint density at radius 3 is 2.30 bits per heavy atom. The summed E-state index contributed by atoms with van der Waals surface area (Å²) in [6, 6.07) is 5.51. The quantitative estimate of drug-likeness (QED) is 0.740. The van der Waals surface area contributed by atoms with Crippen LogP contribution >= 0.6 is 0 Å². The molecule has 1 aromatic carbocycles. The van der Waals surface area contributed by atoms with Gasteiger partial charge in [-0.15, -0.1) is 0 Å². The molecule has 0 spiro atoms. The topological polar surface area (TPSA) is 75.7 Å². The lowest BCUT2D eigenvalue weighted by Gasteiger charge is -2.31. The van der Waals surface area contributed by atoms with Crippen LogP contribution in [-0.4, -0.2) is 48.4 Å². The highest BCUT2D eigenvalue weighted by Gasteiger charge is 2.29. The molecule has 0 bridgehead atoms. The number of likely N-dealkylation sites (tertiary alicyclic amines) is 1. The third-order valence-electron chi connectivity index (χ3n) is 4.90. The number of halogens is 1. The van der Waals surface area contributed by atoms with Gasteiger partial charge in [-0.25, -0.2) is 4.39 Å². The highest BCUT2D eigenvalue weighted by molar-refractivity contribution is 5.94. The van der Waals surface area contributed by atoms with Gasteiger partial charge in [0.05, 0.1) is 5.92 Å². The van der Waals surface area contributed by atoms with Crippen molar-refractivity contribution in [3.8, 4) is 0 Å². The number of ether oxygens (including phenoxy) is 1. The number of hydrogen-bond donors (Lipinski definition) is 1. The van der Waals surface area contributed by atoms with Crippen LogP contribution in [0.25, 0.3) is 0 Å². The molecule has 1 aliphatic rings. The minimum Gasteiger partial charge on any atom is -0.455 e. The number of carbonyl (C=O) groups is 3. The maximum Gasteiger partial charge on any atom is 0.309 e. The van der Waals surface area contributed by atoms with Crippen LogP contribution in [0.5, 0.6) is 0 Å². The molecule has 0 saturated carbocycles. The Hall–Kier alpha value is -2.44. The lowest BCUT2D eigenvalue weighted by atomic mass is 9.96. The van der Waals surface area contributed by atoms with Gasteiger partial charge in [-0.3, -0.25) is 14.4 Å². The van der Waals surface area contributed by atoms with Crippen molar-refractivity contribution in [1.29, 1.82) is 0 Å². The molecule has 1 N–H and O–H groups in total. The van der Waals surface area contributed by atoms with E-state index in [1.54, 1.807) is 4.90 Å². The molecular weight excluding hydrogens is 351 g/mol. The number of benzene rings is 1. The minimum absolute atomic E-state index is 0.0944. The molecule has 148 valence electrons. The zero-order valence-electron chi connectivity index (χ0n) is 15.9. The zero-order chi connectivity index (χ0) is 19.8. The standard InChI is InChI=1S/C20H27FN2O4/c1-3-17(4-2)22-18(24)13-27-20(26)15-9-11-23(12-10-15)19(25)14-5-7-16(21)8-6-14/h5-8,15,17H,3-4,9-13H2,1-2H3,(H,22,24). The van der Waals surface area contributed by atoms with Crippen molar-refractivity contribution in [3.63, 3.8) is 0 Å². The molecule has 1 aromatic rings. The van der Waals surface area contributed by atoms with Gasteiger partial charge in [0, 0.05) is 24.7 Å². The number of nitrogens with zero attached hydrogens (tertiary/aromatic N) is 1. The summed E-state index contributed by atoms with van der Waals surface area (Å²) in [5, 5.41) is 2.82. The van der Waals surface area contributed by atoms with Crippen molar-refractivity contribution in [2.45, 2.75) is 45.6 Å². The van der Waals surface area contributed by atoms with E-state index < -0.39 is 5.97 Å². The van der Waals surface area contributed by atoms with Gasteiger partial charge in [0.2, 0.25) is 0 Å². The summed E-state index contributed by atoms with van der Waals surface area (Å²) < 4.78 is 18.1. The van der Waals surface area contributed by atoms with Gasteiger partial charge < -0.3 is 15.0 Å². The predicted octanol–water partition coefficient (Wildman–Crippen LogP) is 2.53. The highest BCUT2D eigenvalue weighted by atomic mass is 19.1. The van der Waals surface area contributed by atoms with E-state index in [0.29, 0.717) is 31.5 Å². The van der Waals surface area contributed by atoms with Crippen molar-refractivity contribution in [2.75, 3.05) is 19.7 Å². The van der Waals surface area contributed by atoms with E-state index in [1.165, 1.54) is 24.3 Å². The fourth-order valence-corrected chi connectivity index (χ4v) is 3.11.